The highest BCUT2D eigenvalue weighted by molar-refractivity contribution is 9.09. The SMILES string of the molecule is CC(C)(C)C(=O)NC1CCCC(CBr)C1. The standard InChI is InChI=1S/C12H22BrNO/c1-12(2,3)11(15)14-10-6-4-5-9(7-10)8-13/h9-10H,4-8H2,1-3H3,(H,14,15). The summed E-state index contributed by atoms with van der Waals surface area (Å²) in [7, 11) is 0. The number of amides is 1. The topological polar surface area (TPSA) is 29.1 Å². The molecular weight excluding hydrogens is 254 g/mol. The lowest BCUT2D eigenvalue weighted by Gasteiger charge is -2.31. The number of carbonyl (C=O) groups is 1. The lowest BCUT2D eigenvalue weighted by atomic mass is 9.86. The van der Waals surface area contributed by atoms with E-state index in [9.17, 15) is 4.79 Å². The van der Waals surface area contributed by atoms with Crippen LogP contribution in [0.15, 0.2) is 0 Å². The van der Waals surface area contributed by atoms with E-state index in [1.807, 2.05) is 20.8 Å². The first-order chi connectivity index (χ1) is 6.93. The van der Waals surface area contributed by atoms with E-state index in [1.54, 1.807) is 0 Å². The van der Waals surface area contributed by atoms with Gasteiger partial charge in [0.2, 0.25) is 5.91 Å². The molecule has 0 saturated heterocycles. The summed E-state index contributed by atoms with van der Waals surface area (Å²) in [5.74, 6) is 0.923. The third kappa shape index (κ3) is 4.13. The van der Waals surface area contributed by atoms with Gasteiger partial charge in [-0.2, -0.15) is 0 Å². The summed E-state index contributed by atoms with van der Waals surface area (Å²) in [6.45, 7) is 5.90. The van der Waals surface area contributed by atoms with Crippen LogP contribution in [0.25, 0.3) is 0 Å². The molecule has 0 heterocycles. The molecule has 2 unspecified atom stereocenters. The Kier molecular flexibility index (Phi) is 4.63. The van der Waals surface area contributed by atoms with Crippen molar-refractivity contribution in [2.24, 2.45) is 11.3 Å². The van der Waals surface area contributed by atoms with Gasteiger partial charge in [-0.15, -0.1) is 0 Å². The number of carbonyl (C=O) groups excluding carboxylic acids is 1. The van der Waals surface area contributed by atoms with Crippen LogP contribution in [-0.2, 0) is 4.79 Å². The lowest BCUT2D eigenvalue weighted by molar-refractivity contribution is -0.129. The van der Waals surface area contributed by atoms with Crippen LogP contribution in [0.5, 0.6) is 0 Å². The highest BCUT2D eigenvalue weighted by Crippen LogP contribution is 2.26. The number of hydrogen-bond acceptors (Lipinski definition) is 1. The van der Waals surface area contributed by atoms with Crippen LogP contribution in [0.4, 0.5) is 0 Å². The summed E-state index contributed by atoms with van der Waals surface area (Å²) in [6, 6.07) is 0.396. The van der Waals surface area contributed by atoms with Crippen LogP contribution in [0.2, 0.25) is 0 Å². The first kappa shape index (κ1) is 13.0. The van der Waals surface area contributed by atoms with Gasteiger partial charge < -0.3 is 5.32 Å². The molecule has 0 aromatic carbocycles. The highest BCUT2D eigenvalue weighted by atomic mass is 79.9. The highest BCUT2D eigenvalue weighted by Gasteiger charge is 2.27. The van der Waals surface area contributed by atoms with E-state index in [0.29, 0.717) is 6.04 Å². The number of alkyl halides is 1. The van der Waals surface area contributed by atoms with E-state index in [-0.39, 0.29) is 11.3 Å². The molecule has 1 aliphatic rings. The largest absolute Gasteiger partial charge is 0.353 e. The predicted molar refractivity (Wildman–Crippen MR) is 67.1 cm³/mol. The molecule has 1 saturated carbocycles. The Bertz CT molecular complexity index is 222. The van der Waals surface area contributed by atoms with Crippen LogP contribution in [0.3, 0.4) is 0 Å². The number of rotatable bonds is 2. The molecule has 1 amide bonds. The Balaban J connectivity index is 2.41. The van der Waals surface area contributed by atoms with Gasteiger partial charge in [-0.1, -0.05) is 43.1 Å². The molecule has 2 nitrogen and oxygen atoms in total. The third-order valence-corrected chi connectivity index (χ3v) is 3.93. The quantitative estimate of drug-likeness (QED) is 0.771. The zero-order valence-electron chi connectivity index (χ0n) is 9.98. The number of hydrogen-bond donors (Lipinski definition) is 1. The van der Waals surface area contributed by atoms with Gasteiger partial charge in [-0.25, -0.2) is 0 Å². The maximum Gasteiger partial charge on any atom is 0.225 e. The van der Waals surface area contributed by atoms with Crippen molar-refractivity contribution >= 4 is 21.8 Å². The fourth-order valence-electron chi connectivity index (χ4n) is 1.96. The zero-order valence-corrected chi connectivity index (χ0v) is 11.6. The van der Waals surface area contributed by atoms with E-state index in [1.165, 1.54) is 12.8 Å². The van der Waals surface area contributed by atoms with Crippen LogP contribution in [0, 0.1) is 11.3 Å². The Morgan fingerprint density at radius 1 is 1.40 bits per heavy atom. The summed E-state index contributed by atoms with van der Waals surface area (Å²) >= 11 is 3.53. The van der Waals surface area contributed by atoms with E-state index in [2.05, 4.69) is 21.2 Å². The van der Waals surface area contributed by atoms with E-state index in [0.717, 1.165) is 24.1 Å². The van der Waals surface area contributed by atoms with Crippen molar-refractivity contribution in [2.45, 2.75) is 52.5 Å². The van der Waals surface area contributed by atoms with Gasteiger partial charge in [0.1, 0.15) is 0 Å². The maximum absolute atomic E-state index is 11.8. The molecule has 0 aliphatic heterocycles. The smallest absolute Gasteiger partial charge is 0.225 e. The average molecular weight is 276 g/mol. The molecule has 0 spiro atoms. The van der Waals surface area contributed by atoms with Crippen LogP contribution in [-0.4, -0.2) is 17.3 Å². The first-order valence-electron chi connectivity index (χ1n) is 5.80. The Morgan fingerprint density at radius 3 is 2.60 bits per heavy atom. The van der Waals surface area contributed by atoms with Gasteiger partial charge in [0.05, 0.1) is 0 Å². The molecule has 2 atom stereocenters. The van der Waals surface area contributed by atoms with Crippen molar-refractivity contribution in [1.29, 1.82) is 0 Å². The van der Waals surface area contributed by atoms with Gasteiger partial charge >= 0.3 is 0 Å². The second-order valence-corrected chi connectivity index (χ2v) is 6.25. The van der Waals surface area contributed by atoms with E-state index >= 15 is 0 Å². The van der Waals surface area contributed by atoms with Crippen LogP contribution < -0.4 is 5.32 Å². The van der Waals surface area contributed by atoms with E-state index < -0.39 is 0 Å². The number of nitrogens with one attached hydrogen (secondary N) is 1. The Labute approximate surface area is 101 Å². The molecule has 1 fully saturated rings. The summed E-state index contributed by atoms with van der Waals surface area (Å²) in [5, 5.41) is 4.23. The molecule has 88 valence electrons. The van der Waals surface area contributed by atoms with Crippen LogP contribution >= 0.6 is 15.9 Å². The summed E-state index contributed by atoms with van der Waals surface area (Å²) in [6.07, 6.45) is 4.82. The maximum atomic E-state index is 11.8. The van der Waals surface area contributed by atoms with Gasteiger partial charge in [0.25, 0.3) is 0 Å². The first-order valence-corrected chi connectivity index (χ1v) is 6.92. The second-order valence-electron chi connectivity index (χ2n) is 5.61. The molecular formula is C12H22BrNO. The molecule has 15 heavy (non-hydrogen) atoms. The number of halogens is 1. The van der Waals surface area contributed by atoms with Gasteiger partial charge in [-0.3, -0.25) is 4.79 Å². The minimum absolute atomic E-state index is 0.183. The third-order valence-electron chi connectivity index (χ3n) is 3.02. The second kappa shape index (κ2) is 5.33. The van der Waals surface area contributed by atoms with Crippen molar-refractivity contribution in [2.75, 3.05) is 5.33 Å². The van der Waals surface area contributed by atoms with Gasteiger partial charge in [-0.05, 0) is 25.2 Å². The molecule has 1 N–H and O–H groups in total. The Hall–Kier alpha value is -0.0500. The minimum atomic E-state index is -0.263. The average Bonchev–Trinajstić information content (AvgIpc) is 2.16. The fourth-order valence-corrected chi connectivity index (χ4v) is 2.55. The molecule has 0 aromatic rings. The monoisotopic (exact) mass is 275 g/mol. The van der Waals surface area contributed by atoms with Crippen LogP contribution in [0.1, 0.15) is 46.5 Å². The van der Waals surface area contributed by atoms with Gasteiger partial charge in [0.15, 0.2) is 0 Å². The van der Waals surface area contributed by atoms with Crippen molar-refractivity contribution in [1.82, 2.24) is 5.32 Å². The van der Waals surface area contributed by atoms with Crippen molar-refractivity contribution in [3.8, 4) is 0 Å². The zero-order chi connectivity index (χ0) is 11.5. The Morgan fingerprint density at radius 2 is 2.07 bits per heavy atom. The van der Waals surface area contributed by atoms with Crippen molar-refractivity contribution in [3.05, 3.63) is 0 Å². The summed E-state index contributed by atoms with van der Waals surface area (Å²) in [4.78, 5) is 11.8. The lowest BCUT2D eigenvalue weighted by Crippen LogP contribution is -2.43. The summed E-state index contributed by atoms with van der Waals surface area (Å²) in [5.41, 5.74) is -0.263. The molecule has 0 radical (unpaired) electrons. The predicted octanol–water partition coefficient (Wildman–Crippen LogP) is 3.10. The molecule has 0 bridgehead atoms. The molecule has 3 heteroatoms. The molecule has 1 rings (SSSR count). The van der Waals surface area contributed by atoms with Crippen molar-refractivity contribution in [3.63, 3.8) is 0 Å². The van der Waals surface area contributed by atoms with Gasteiger partial charge in [0, 0.05) is 16.8 Å². The normalized spacial score (nSPS) is 27.5. The molecule has 0 aromatic heterocycles. The minimum Gasteiger partial charge on any atom is -0.353 e. The summed E-state index contributed by atoms with van der Waals surface area (Å²) < 4.78 is 0. The molecule has 1 aliphatic carbocycles. The van der Waals surface area contributed by atoms with E-state index in [4.69, 9.17) is 0 Å². The fraction of sp³-hybridized carbons (Fsp3) is 0.917. The van der Waals surface area contributed by atoms with Crippen molar-refractivity contribution < 1.29 is 4.79 Å².